The minimum atomic E-state index is -0.513. The van der Waals surface area contributed by atoms with Gasteiger partial charge in [0, 0.05) is 71.9 Å². The average molecular weight is 1030 g/mol. The molecule has 0 fully saturated rings. The van der Waals surface area contributed by atoms with E-state index in [4.69, 9.17) is 18.0 Å². The van der Waals surface area contributed by atoms with Crippen molar-refractivity contribution in [1.29, 1.82) is 0 Å². The molecule has 2 aliphatic rings. The molecule has 2 atom stereocenters. The zero-order valence-electron chi connectivity index (χ0n) is 46.1. The molecule has 0 amide bonds. The first-order valence-electron chi connectivity index (χ1n) is 27.7. The highest BCUT2D eigenvalue weighted by Gasteiger charge is 2.50. The summed E-state index contributed by atoms with van der Waals surface area (Å²) in [6.07, 6.45) is 4.07. The van der Waals surface area contributed by atoms with Gasteiger partial charge in [-0.2, -0.15) is 0 Å². The van der Waals surface area contributed by atoms with Crippen LogP contribution in [0.15, 0.2) is 201 Å². The number of hydrogen-bond acceptors (Lipinski definition) is 6. The van der Waals surface area contributed by atoms with Gasteiger partial charge in [-0.3, -0.25) is 0 Å². The molecular formula is C73H60N2O4. The van der Waals surface area contributed by atoms with Crippen LogP contribution in [0, 0.1) is 13.8 Å². The fraction of sp³-hybridized carbons (Fsp3) is 0.178. The van der Waals surface area contributed by atoms with E-state index in [1.54, 1.807) is 0 Å². The summed E-state index contributed by atoms with van der Waals surface area (Å²) in [5.41, 5.74) is 17.0. The normalized spacial score (nSPS) is 16.1. The molecule has 6 heteroatoms. The molecule has 386 valence electrons. The molecule has 0 bridgehead atoms. The Kier molecular flexibility index (Phi) is 10.0. The number of ether oxygens (including phenoxy) is 1. The summed E-state index contributed by atoms with van der Waals surface area (Å²) in [5.74, 6) is 1.75. The van der Waals surface area contributed by atoms with Crippen molar-refractivity contribution in [1.82, 2.24) is 0 Å². The SMILES string of the molecule is Cc1ccccc1N(c1ccc2cc3c(cc2c1)OC1C=Cc2oc4cc5cc(N(c6ccccc6C)c6cccc7c6oc6c(C(C)(C)C)cccc67)ccc5cc4c2C31C)c1cccc2c1oc1c(C(C)(C)C)cccc12. The second kappa shape index (κ2) is 16.8. The lowest BCUT2D eigenvalue weighted by atomic mass is 9.69. The molecule has 1 aliphatic carbocycles. The van der Waals surface area contributed by atoms with E-state index < -0.39 is 5.41 Å². The zero-order valence-corrected chi connectivity index (χ0v) is 46.1. The topological polar surface area (TPSA) is 55.1 Å². The predicted octanol–water partition coefficient (Wildman–Crippen LogP) is 20.8. The molecule has 6 nitrogen and oxygen atoms in total. The van der Waals surface area contributed by atoms with Crippen molar-refractivity contribution in [3.8, 4) is 5.75 Å². The largest absolute Gasteiger partial charge is 0.485 e. The van der Waals surface area contributed by atoms with E-state index in [0.29, 0.717) is 0 Å². The summed E-state index contributed by atoms with van der Waals surface area (Å²) in [5, 5.41) is 10.0. The number of furan rings is 3. The molecule has 0 spiro atoms. The molecule has 0 saturated carbocycles. The van der Waals surface area contributed by atoms with E-state index in [0.717, 1.165) is 139 Å². The lowest BCUT2D eigenvalue weighted by molar-refractivity contribution is 0.224. The monoisotopic (exact) mass is 1030 g/mol. The molecule has 1 aliphatic heterocycles. The van der Waals surface area contributed by atoms with Crippen LogP contribution in [0.1, 0.15) is 87.6 Å². The third-order valence-electron chi connectivity index (χ3n) is 17.2. The Hall–Kier alpha value is -9.00. The van der Waals surface area contributed by atoms with Crippen LogP contribution < -0.4 is 14.5 Å². The number of rotatable bonds is 6. The van der Waals surface area contributed by atoms with Crippen molar-refractivity contribution < 1.29 is 18.0 Å². The summed E-state index contributed by atoms with van der Waals surface area (Å²) < 4.78 is 28.0. The van der Waals surface area contributed by atoms with Crippen LogP contribution in [-0.4, -0.2) is 6.10 Å². The minimum Gasteiger partial charge on any atom is -0.485 e. The first kappa shape index (κ1) is 47.2. The Morgan fingerprint density at radius 1 is 0.430 bits per heavy atom. The summed E-state index contributed by atoms with van der Waals surface area (Å²) in [6, 6.07) is 66.0. The molecule has 0 N–H and O–H groups in total. The summed E-state index contributed by atoms with van der Waals surface area (Å²) in [6.45, 7) is 20.2. The number of para-hydroxylation sites is 6. The zero-order chi connectivity index (χ0) is 53.9. The Balaban J connectivity index is 0.836. The molecule has 10 aromatic carbocycles. The lowest BCUT2D eigenvalue weighted by Gasteiger charge is -2.31. The standard InChI is InChI=1S/C73H60N2O4/c1-42-18-10-12-26-58(42)74(60-28-16-22-52-50-20-14-24-55(71(3,4)5)67(50)78-69(52)60)48-32-30-44-38-54-63(40-46(44)36-48)76-62-34-35-65-73(9,66(54)62)57-39-45-31-33-49(37-47(45)41-64(57)77-65)75(59-27-13-11-19-43(59)2)61-29-17-23-53-51-21-15-25-56(72(6,7)8)68(51)79-70(53)61/h10-41,65H,1-9H3. The number of anilines is 6. The van der Waals surface area contributed by atoms with Gasteiger partial charge in [-0.15, -0.1) is 0 Å². The highest BCUT2D eigenvalue weighted by molar-refractivity contribution is 6.13. The number of aryl methyl sites for hydroxylation is 2. The maximum Gasteiger partial charge on any atom is 0.159 e. The molecule has 4 heterocycles. The van der Waals surface area contributed by atoms with Crippen LogP contribution in [0.4, 0.5) is 34.1 Å². The highest BCUT2D eigenvalue weighted by atomic mass is 16.5. The smallest absolute Gasteiger partial charge is 0.159 e. The van der Waals surface area contributed by atoms with E-state index in [1.165, 1.54) is 16.7 Å². The van der Waals surface area contributed by atoms with Gasteiger partial charge in [-0.1, -0.05) is 151 Å². The van der Waals surface area contributed by atoms with Crippen molar-refractivity contribution in [2.75, 3.05) is 9.80 Å². The van der Waals surface area contributed by atoms with E-state index >= 15 is 0 Å². The Bertz CT molecular complexity index is 4740. The summed E-state index contributed by atoms with van der Waals surface area (Å²) >= 11 is 0. The second-order valence-electron chi connectivity index (χ2n) is 24.3. The maximum atomic E-state index is 7.04. The van der Waals surface area contributed by atoms with Crippen molar-refractivity contribution in [2.24, 2.45) is 0 Å². The van der Waals surface area contributed by atoms with Crippen molar-refractivity contribution in [3.05, 3.63) is 227 Å². The highest BCUT2D eigenvalue weighted by Crippen LogP contribution is 2.56. The van der Waals surface area contributed by atoms with Gasteiger partial charge in [0.05, 0.1) is 16.8 Å². The molecule has 13 aromatic rings. The molecule has 0 saturated heterocycles. The van der Waals surface area contributed by atoms with Gasteiger partial charge in [0.2, 0.25) is 0 Å². The lowest BCUT2D eigenvalue weighted by Crippen LogP contribution is -2.37. The van der Waals surface area contributed by atoms with Crippen LogP contribution in [0.2, 0.25) is 0 Å². The first-order valence-corrected chi connectivity index (χ1v) is 27.7. The van der Waals surface area contributed by atoms with Crippen LogP contribution in [0.3, 0.4) is 0 Å². The third-order valence-corrected chi connectivity index (χ3v) is 17.2. The van der Waals surface area contributed by atoms with Gasteiger partial charge in [-0.05, 0) is 149 Å². The van der Waals surface area contributed by atoms with Gasteiger partial charge in [0.1, 0.15) is 34.4 Å². The third kappa shape index (κ3) is 7.02. The quantitative estimate of drug-likeness (QED) is 0.165. The van der Waals surface area contributed by atoms with Gasteiger partial charge in [0.25, 0.3) is 0 Å². The van der Waals surface area contributed by atoms with E-state index in [2.05, 4.69) is 266 Å². The summed E-state index contributed by atoms with van der Waals surface area (Å²) in [4.78, 5) is 4.71. The molecule has 0 radical (unpaired) electrons. The number of nitrogens with zero attached hydrogens (tertiary/aromatic N) is 2. The van der Waals surface area contributed by atoms with Crippen LogP contribution in [0.25, 0.3) is 82.5 Å². The molecule has 2 unspecified atom stereocenters. The summed E-state index contributed by atoms with van der Waals surface area (Å²) in [7, 11) is 0. The predicted molar refractivity (Wildman–Crippen MR) is 328 cm³/mol. The van der Waals surface area contributed by atoms with Gasteiger partial charge >= 0.3 is 0 Å². The van der Waals surface area contributed by atoms with Crippen LogP contribution >= 0.6 is 0 Å². The second-order valence-corrected chi connectivity index (χ2v) is 24.3. The molecule has 15 rings (SSSR count). The fourth-order valence-corrected chi connectivity index (χ4v) is 13.2. The maximum absolute atomic E-state index is 7.04. The number of hydrogen-bond donors (Lipinski definition) is 0. The molecule has 3 aromatic heterocycles. The Morgan fingerprint density at radius 2 is 0.911 bits per heavy atom. The van der Waals surface area contributed by atoms with Crippen LogP contribution in [-0.2, 0) is 16.2 Å². The number of benzene rings is 10. The van der Waals surface area contributed by atoms with Gasteiger partial charge in [-0.25, -0.2) is 0 Å². The van der Waals surface area contributed by atoms with Crippen molar-refractivity contribution >= 4 is 117 Å². The molecule has 79 heavy (non-hydrogen) atoms. The Morgan fingerprint density at radius 3 is 1.44 bits per heavy atom. The Labute approximate surface area is 459 Å². The van der Waals surface area contributed by atoms with Crippen molar-refractivity contribution in [2.45, 2.75) is 84.7 Å². The van der Waals surface area contributed by atoms with Gasteiger partial charge < -0.3 is 27.8 Å². The average Bonchev–Trinajstić information content (AvgIpc) is 2.97. The first-order chi connectivity index (χ1) is 38.1. The fourth-order valence-electron chi connectivity index (χ4n) is 13.2. The van der Waals surface area contributed by atoms with E-state index in [9.17, 15) is 0 Å². The van der Waals surface area contributed by atoms with Crippen LogP contribution in [0.5, 0.6) is 5.75 Å². The van der Waals surface area contributed by atoms with E-state index in [-0.39, 0.29) is 16.9 Å². The van der Waals surface area contributed by atoms with E-state index in [1.807, 2.05) is 0 Å². The minimum absolute atomic E-state index is 0.0857. The van der Waals surface area contributed by atoms with Gasteiger partial charge in [0.15, 0.2) is 11.2 Å². The molecular weight excluding hydrogens is 969 g/mol. The number of fused-ring (bicyclic) bond motifs is 15. The van der Waals surface area contributed by atoms with Crippen molar-refractivity contribution in [3.63, 3.8) is 0 Å².